The van der Waals surface area contributed by atoms with E-state index in [2.05, 4.69) is 86.9 Å². The summed E-state index contributed by atoms with van der Waals surface area (Å²) < 4.78 is 23.3. The predicted molar refractivity (Wildman–Crippen MR) is 157 cm³/mol. The second-order valence-corrected chi connectivity index (χ2v) is 19.8. The normalized spacial score (nSPS) is 29.3. The van der Waals surface area contributed by atoms with E-state index >= 15 is 0 Å². The lowest BCUT2D eigenvalue weighted by Crippen LogP contribution is -2.30. The van der Waals surface area contributed by atoms with Crippen molar-refractivity contribution < 1.29 is 8.42 Å². The van der Waals surface area contributed by atoms with E-state index in [4.69, 9.17) is 10.7 Å². The first-order valence-electron chi connectivity index (χ1n) is 13.1. The first kappa shape index (κ1) is 27.2. The van der Waals surface area contributed by atoms with Gasteiger partial charge in [0.15, 0.2) is 0 Å². The molecule has 0 spiro atoms. The highest BCUT2D eigenvalue weighted by Crippen LogP contribution is 2.49. The van der Waals surface area contributed by atoms with Gasteiger partial charge in [0.05, 0.1) is 4.90 Å². The molecule has 2 nitrogen and oxygen atoms in total. The first-order valence-corrected chi connectivity index (χ1v) is 19.0. The van der Waals surface area contributed by atoms with Gasteiger partial charge < -0.3 is 0 Å². The fourth-order valence-corrected chi connectivity index (χ4v) is 9.66. The molecule has 6 atom stereocenters. The third kappa shape index (κ3) is 6.70. The molecule has 0 aromatic heterocycles. The number of benzene rings is 2. The SMILES string of the molecule is C=C[C@@H]1CC(/C=C/C2CC(/C=C/c3ccccc3)C([Si](C)(C)C)C2)C(c2ccc(S(=O)(=O)Cl)cc2)C1. The lowest BCUT2D eigenvalue weighted by molar-refractivity contribution is 0.575. The van der Waals surface area contributed by atoms with Crippen LogP contribution < -0.4 is 0 Å². The van der Waals surface area contributed by atoms with Gasteiger partial charge in [-0.05, 0) is 84.1 Å². The summed E-state index contributed by atoms with van der Waals surface area (Å²) in [6.45, 7) is 11.6. The fourth-order valence-electron chi connectivity index (χ4n) is 6.35. The molecule has 5 unspecified atom stereocenters. The molecule has 2 aliphatic carbocycles. The van der Waals surface area contributed by atoms with Crippen molar-refractivity contribution in [1.82, 2.24) is 0 Å². The van der Waals surface area contributed by atoms with E-state index in [9.17, 15) is 8.42 Å². The summed E-state index contributed by atoms with van der Waals surface area (Å²) in [4.78, 5) is 0.163. The standard InChI is InChI=1S/C31H39ClO2SSi/c1-5-23-19-27(30(21-23)26-15-17-29(18-16-26)35(32,33)34)13-12-25-20-28(31(22-25)36(2,3)4)14-11-24-9-7-6-8-10-24/h5-18,23,25,27-28,30-31H,1,19-22H2,2-4H3/b13-12+,14-11+/t23-,25?,27?,28?,30?,31?/m1/s1. The number of hydrogen-bond acceptors (Lipinski definition) is 2. The molecule has 2 fully saturated rings. The van der Waals surface area contributed by atoms with Crippen LogP contribution in [0.3, 0.4) is 0 Å². The van der Waals surface area contributed by atoms with Gasteiger partial charge in [0.2, 0.25) is 0 Å². The average Bonchev–Trinajstić information content (AvgIpc) is 3.45. The molecule has 2 aromatic carbocycles. The number of hydrogen-bond donors (Lipinski definition) is 0. The number of halogens is 1. The lowest BCUT2D eigenvalue weighted by Gasteiger charge is -2.29. The van der Waals surface area contributed by atoms with E-state index in [-0.39, 0.29) is 4.90 Å². The van der Waals surface area contributed by atoms with Crippen molar-refractivity contribution in [3.63, 3.8) is 0 Å². The summed E-state index contributed by atoms with van der Waals surface area (Å²) >= 11 is 0. The van der Waals surface area contributed by atoms with Crippen LogP contribution in [0.15, 0.2) is 90.4 Å². The van der Waals surface area contributed by atoms with Crippen LogP contribution in [0.5, 0.6) is 0 Å². The van der Waals surface area contributed by atoms with E-state index in [1.807, 2.05) is 12.1 Å². The summed E-state index contributed by atoms with van der Waals surface area (Å²) in [5.41, 5.74) is 3.26. The molecule has 0 saturated heterocycles. The fraction of sp³-hybridized carbons (Fsp3) is 0.419. The third-order valence-electron chi connectivity index (χ3n) is 8.30. The molecule has 0 heterocycles. The van der Waals surface area contributed by atoms with Crippen molar-refractivity contribution in [2.24, 2.45) is 23.7 Å². The quantitative estimate of drug-likeness (QED) is 0.191. The molecule has 0 N–H and O–H groups in total. The third-order valence-corrected chi connectivity index (χ3v) is 12.6. The molecular weight excluding hydrogens is 500 g/mol. The van der Waals surface area contributed by atoms with Gasteiger partial charge in [-0.1, -0.05) is 92.5 Å². The van der Waals surface area contributed by atoms with Crippen LogP contribution in [0.4, 0.5) is 0 Å². The molecule has 5 heteroatoms. The van der Waals surface area contributed by atoms with Crippen LogP contribution in [0.1, 0.15) is 42.7 Å². The molecule has 36 heavy (non-hydrogen) atoms. The maximum atomic E-state index is 11.7. The van der Waals surface area contributed by atoms with Gasteiger partial charge in [-0.2, -0.15) is 0 Å². The topological polar surface area (TPSA) is 34.1 Å². The molecule has 2 saturated carbocycles. The molecular formula is C31H39ClO2SSi. The Hall–Kier alpha value is -1.88. The molecule has 0 aliphatic heterocycles. The molecule has 0 bridgehead atoms. The zero-order chi connectivity index (χ0) is 25.9. The van der Waals surface area contributed by atoms with Gasteiger partial charge >= 0.3 is 0 Å². The predicted octanol–water partition coefficient (Wildman–Crippen LogP) is 8.91. The van der Waals surface area contributed by atoms with E-state index in [1.54, 1.807) is 12.1 Å². The van der Waals surface area contributed by atoms with Crippen LogP contribution >= 0.6 is 10.7 Å². The van der Waals surface area contributed by atoms with Gasteiger partial charge in [-0.25, -0.2) is 8.42 Å². The minimum absolute atomic E-state index is 0.163. The van der Waals surface area contributed by atoms with Crippen LogP contribution in [0, 0.1) is 23.7 Å². The van der Waals surface area contributed by atoms with Crippen molar-refractivity contribution >= 4 is 33.9 Å². The summed E-state index contributed by atoms with van der Waals surface area (Å²) in [7, 11) is 0.537. The summed E-state index contributed by atoms with van der Waals surface area (Å²) in [6.07, 6.45) is 16.5. The van der Waals surface area contributed by atoms with Gasteiger partial charge in [0, 0.05) is 18.8 Å². The highest BCUT2D eigenvalue weighted by Gasteiger charge is 2.40. The van der Waals surface area contributed by atoms with E-state index < -0.39 is 17.1 Å². The average molecular weight is 539 g/mol. The first-order chi connectivity index (χ1) is 17.0. The van der Waals surface area contributed by atoms with Crippen LogP contribution in [-0.4, -0.2) is 16.5 Å². The summed E-state index contributed by atoms with van der Waals surface area (Å²) in [5, 5.41) is 0. The lowest BCUT2D eigenvalue weighted by atomic mass is 9.88. The van der Waals surface area contributed by atoms with Crippen molar-refractivity contribution in [1.29, 1.82) is 0 Å². The maximum absolute atomic E-state index is 11.7. The smallest absolute Gasteiger partial charge is 0.207 e. The molecule has 2 aliphatic rings. The Kier molecular flexibility index (Phi) is 8.48. The Bertz CT molecular complexity index is 1200. The van der Waals surface area contributed by atoms with Gasteiger partial charge in [0.25, 0.3) is 9.05 Å². The second kappa shape index (κ2) is 11.2. The summed E-state index contributed by atoms with van der Waals surface area (Å²) in [6, 6.07) is 17.8. The van der Waals surface area contributed by atoms with Crippen molar-refractivity contribution in [3.05, 3.63) is 96.6 Å². The zero-order valence-corrected chi connectivity index (χ0v) is 24.3. The van der Waals surface area contributed by atoms with Gasteiger partial charge in [0.1, 0.15) is 0 Å². The molecule has 0 radical (unpaired) electrons. The van der Waals surface area contributed by atoms with E-state index in [1.165, 1.54) is 24.0 Å². The highest BCUT2D eigenvalue weighted by atomic mass is 35.7. The Morgan fingerprint density at radius 2 is 1.50 bits per heavy atom. The largest absolute Gasteiger partial charge is 0.261 e. The second-order valence-electron chi connectivity index (χ2n) is 11.8. The number of rotatable bonds is 8. The Morgan fingerprint density at radius 1 is 0.833 bits per heavy atom. The van der Waals surface area contributed by atoms with Crippen molar-refractivity contribution in [2.75, 3.05) is 0 Å². The maximum Gasteiger partial charge on any atom is 0.261 e. The van der Waals surface area contributed by atoms with Crippen LogP contribution in [-0.2, 0) is 9.05 Å². The minimum atomic E-state index is -3.70. The molecule has 0 amide bonds. The summed E-state index contributed by atoms with van der Waals surface area (Å²) in [5.74, 6) is 2.55. The van der Waals surface area contributed by atoms with E-state index in [0.29, 0.717) is 29.6 Å². The Labute approximate surface area is 223 Å². The molecule has 192 valence electrons. The van der Waals surface area contributed by atoms with E-state index in [0.717, 1.165) is 18.4 Å². The Balaban J connectivity index is 1.50. The van der Waals surface area contributed by atoms with Gasteiger partial charge in [-0.3, -0.25) is 0 Å². The Morgan fingerprint density at radius 3 is 2.11 bits per heavy atom. The number of allylic oxidation sites excluding steroid dienone is 4. The molecule has 2 aromatic rings. The monoisotopic (exact) mass is 538 g/mol. The van der Waals surface area contributed by atoms with Crippen LogP contribution in [0.25, 0.3) is 6.08 Å². The van der Waals surface area contributed by atoms with Crippen molar-refractivity contribution in [2.45, 2.75) is 61.7 Å². The molecule has 4 rings (SSSR count). The minimum Gasteiger partial charge on any atom is -0.207 e. The highest BCUT2D eigenvalue weighted by molar-refractivity contribution is 8.13. The van der Waals surface area contributed by atoms with Crippen LogP contribution in [0.2, 0.25) is 25.2 Å². The zero-order valence-electron chi connectivity index (χ0n) is 21.7. The van der Waals surface area contributed by atoms with Gasteiger partial charge in [-0.15, -0.1) is 6.58 Å². The van der Waals surface area contributed by atoms with Crippen molar-refractivity contribution in [3.8, 4) is 0 Å².